The Morgan fingerprint density at radius 1 is 1.12 bits per heavy atom. The Labute approximate surface area is 153 Å². The van der Waals surface area contributed by atoms with Crippen molar-refractivity contribution in [2.75, 3.05) is 31.1 Å². The first-order valence-electron chi connectivity index (χ1n) is 8.59. The molecule has 1 fully saturated rings. The van der Waals surface area contributed by atoms with Gasteiger partial charge in [0, 0.05) is 54.4 Å². The molecule has 0 N–H and O–H groups in total. The van der Waals surface area contributed by atoms with E-state index in [-0.39, 0.29) is 5.91 Å². The number of nitrogens with zero attached hydrogens (tertiary/aromatic N) is 4. The predicted octanol–water partition coefficient (Wildman–Crippen LogP) is 3.52. The van der Waals surface area contributed by atoms with Crippen molar-refractivity contribution in [3.05, 3.63) is 52.4 Å². The minimum absolute atomic E-state index is 0.0314. The Balaban J connectivity index is 1.69. The van der Waals surface area contributed by atoms with Gasteiger partial charge in [0.1, 0.15) is 11.6 Å². The Kier molecular flexibility index (Phi) is 5.23. The molecular weight excluding hydrogens is 336 g/mol. The third kappa shape index (κ3) is 4.10. The molecule has 1 amide bonds. The van der Waals surface area contributed by atoms with Crippen LogP contribution in [0, 0.1) is 6.92 Å². The molecule has 0 saturated carbocycles. The van der Waals surface area contributed by atoms with E-state index in [1.54, 1.807) is 12.1 Å². The van der Waals surface area contributed by atoms with Gasteiger partial charge in [0.2, 0.25) is 0 Å². The van der Waals surface area contributed by atoms with Crippen LogP contribution in [-0.2, 0) is 0 Å². The summed E-state index contributed by atoms with van der Waals surface area (Å²) in [6.07, 6.45) is 0. The van der Waals surface area contributed by atoms with Gasteiger partial charge in [-0.1, -0.05) is 31.5 Å². The fraction of sp³-hybridized carbons (Fsp3) is 0.421. The zero-order valence-electron chi connectivity index (χ0n) is 14.9. The van der Waals surface area contributed by atoms with E-state index >= 15 is 0 Å². The van der Waals surface area contributed by atoms with E-state index in [2.05, 4.69) is 23.7 Å². The van der Waals surface area contributed by atoms with Gasteiger partial charge < -0.3 is 9.80 Å². The molecule has 1 aromatic carbocycles. The molecule has 0 radical (unpaired) electrons. The van der Waals surface area contributed by atoms with Gasteiger partial charge >= 0.3 is 0 Å². The summed E-state index contributed by atoms with van der Waals surface area (Å²) in [4.78, 5) is 25.9. The number of amides is 1. The summed E-state index contributed by atoms with van der Waals surface area (Å²) in [6.45, 7) is 9.06. The van der Waals surface area contributed by atoms with Crippen LogP contribution in [-0.4, -0.2) is 47.0 Å². The highest BCUT2D eigenvalue weighted by molar-refractivity contribution is 6.30. The topological polar surface area (TPSA) is 49.3 Å². The van der Waals surface area contributed by atoms with E-state index in [4.69, 9.17) is 16.6 Å². The quantitative estimate of drug-likeness (QED) is 0.842. The third-order valence-electron chi connectivity index (χ3n) is 4.34. The lowest BCUT2D eigenvalue weighted by Gasteiger charge is -2.35. The lowest BCUT2D eigenvalue weighted by molar-refractivity contribution is 0.0746. The van der Waals surface area contributed by atoms with Crippen LogP contribution in [0.2, 0.25) is 5.02 Å². The second-order valence-corrected chi connectivity index (χ2v) is 7.11. The maximum Gasteiger partial charge on any atom is 0.254 e. The van der Waals surface area contributed by atoms with Gasteiger partial charge in [-0.25, -0.2) is 9.97 Å². The van der Waals surface area contributed by atoms with Crippen LogP contribution < -0.4 is 4.90 Å². The summed E-state index contributed by atoms with van der Waals surface area (Å²) in [5, 5.41) is 0.585. The summed E-state index contributed by atoms with van der Waals surface area (Å²) in [6, 6.07) is 9.13. The first-order valence-corrected chi connectivity index (χ1v) is 8.97. The predicted molar refractivity (Wildman–Crippen MR) is 100 cm³/mol. The van der Waals surface area contributed by atoms with Gasteiger partial charge in [0.25, 0.3) is 5.91 Å². The monoisotopic (exact) mass is 358 g/mol. The fourth-order valence-electron chi connectivity index (χ4n) is 2.94. The van der Waals surface area contributed by atoms with Crippen LogP contribution >= 0.6 is 11.6 Å². The van der Waals surface area contributed by atoms with Gasteiger partial charge in [-0.05, 0) is 25.1 Å². The van der Waals surface area contributed by atoms with Crippen molar-refractivity contribution >= 4 is 23.3 Å². The van der Waals surface area contributed by atoms with Crippen molar-refractivity contribution in [1.29, 1.82) is 0 Å². The molecule has 1 aliphatic rings. The lowest BCUT2D eigenvalue weighted by atomic mass is 10.1. The molecule has 0 bridgehead atoms. The van der Waals surface area contributed by atoms with Crippen molar-refractivity contribution in [1.82, 2.24) is 14.9 Å². The molecule has 25 heavy (non-hydrogen) atoms. The van der Waals surface area contributed by atoms with Gasteiger partial charge in [-0.2, -0.15) is 0 Å². The van der Waals surface area contributed by atoms with Gasteiger partial charge in [0.05, 0.1) is 0 Å². The molecular formula is C19H23ClN4O. The molecule has 3 rings (SSSR count). The van der Waals surface area contributed by atoms with Crippen molar-refractivity contribution < 1.29 is 4.79 Å². The van der Waals surface area contributed by atoms with Crippen LogP contribution in [0.25, 0.3) is 0 Å². The number of aromatic nitrogens is 2. The summed E-state index contributed by atoms with van der Waals surface area (Å²) >= 11 is 5.99. The molecule has 0 unspecified atom stereocenters. The zero-order chi connectivity index (χ0) is 18.0. The highest BCUT2D eigenvalue weighted by atomic mass is 35.5. The highest BCUT2D eigenvalue weighted by Crippen LogP contribution is 2.20. The van der Waals surface area contributed by atoms with Gasteiger partial charge in [-0.3, -0.25) is 4.79 Å². The first kappa shape index (κ1) is 17.7. The SMILES string of the molecule is Cc1cc(N2CCN(C(=O)c3cccc(Cl)c3)CC2)nc(C(C)C)n1. The third-order valence-corrected chi connectivity index (χ3v) is 4.57. The van der Waals surface area contributed by atoms with Crippen molar-refractivity contribution in [3.8, 4) is 0 Å². The lowest BCUT2D eigenvalue weighted by Crippen LogP contribution is -2.49. The summed E-state index contributed by atoms with van der Waals surface area (Å²) < 4.78 is 0. The number of aryl methyl sites for hydroxylation is 1. The molecule has 2 aromatic rings. The number of carbonyl (C=O) groups is 1. The maximum atomic E-state index is 12.6. The molecule has 6 heteroatoms. The number of rotatable bonds is 3. The van der Waals surface area contributed by atoms with Crippen LogP contribution in [0.4, 0.5) is 5.82 Å². The summed E-state index contributed by atoms with van der Waals surface area (Å²) in [5.74, 6) is 2.15. The second-order valence-electron chi connectivity index (χ2n) is 6.67. The summed E-state index contributed by atoms with van der Waals surface area (Å²) in [5.41, 5.74) is 1.62. The minimum atomic E-state index is 0.0314. The molecule has 1 aliphatic heterocycles. The number of hydrogen-bond acceptors (Lipinski definition) is 4. The molecule has 0 spiro atoms. The largest absolute Gasteiger partial charge is 0.353 e. The number of anilines is 1. The van der Waals surface area contributed by atoms with Crippen LogP contribution in [0.1, 0.15) is 41.6 Å². The Morgan fingerprint density at radius 3 is 2.48 bits per heavy atom. The smallest absolute Gasteiger partial charge is 0.254 e. The maximum absolute atomic E-state index is 12.6. The Bertz CT molecular complexity index is 770. The standard InChI is InChI=1S/C19H23ClN4O/c1-13(2)18-21-14(3)11-17(22-18)23-7-9-24(10-8-23)19(25)15-5-4-6-16(20)12-15/h4-6,11-13H,7-10H2,1-3H3. The molecule has 5 nitrogen and oxygen atoms in total. The molecule has 0 atom stereocenters. The van der Waals surface area contributed by atoms with Crippen molar-refractivity contribution in [2.24, 2.45) is 0 Å². The normalized spacial score (nSPS) is 14.9. The van der Waals surface area contributed by atoms with E-state index in [1.165, 1.54) is 0 Å². The highest BCUT2D eigenvalue weighted by Gasteiger charge is 2.23. The van der Waals surface area contributed by atoms with Crippen LogP contribution in [0.3, 0.4) is 0 Å². The second kappa shape index (κ2) is 7.40. The van der Waals surface area contributed by atoms with E-state index in [9.17, 15) is 4.79 Å². The zero-order valence-corrected chi connectivity index (χ0v) is 15.6. The number of benzene rings is 1. The van der Waals surface area contributed by atoms with Crippen molar-refractivity contribution in [2.45, 2.75) is 26.7 Å². The Hall–Kier alpha value is -2.14. The Morgan fingerprint density at radius 2 is 1.84 bits per heavy atom. The van der Waals surface area contributed by atoms with Crippen LogP contribution in [0.15, 0.2) is 30.3 Å². The molecule has 132 valence electrons. The summed E-state index contributed by atoms with van der Waals surface area (Å²) in [7, 11) is 0. The average molecular weight is 359 g/mol. The van der Waals surface area contributed by atoms with E-state index in [1.807, 2.05) is 30.0 Å². The van der Waals surface area contributed by atoms with Crippen LogP contribution in [0.5, 0.6) is 0 Å². The van der Waals surface area contributed by atoms with Gasteiger partial charge in [-0.15, -0.1) is 0 Å². The number of carbonyl (C=O) groups excluding carboxylic acids is 1. The number of halogens is 1. The van der Waals surface area contributed by atoms with E-state index in [0.29, 0.717) is 29.6 Å². The molecule has 2 heterocycles. The molecule has 1 saturated heterocycles. The van der Waals surface area contributed by atoms with Crippen molar-refractivity contribution in [3.63, 3.8) is 0 Å². The molecule has 0 aliphatic carbocycles. The van der Waals surface area contributed by atoms with E-state index < -0.39 is 0 Å². The number of hydrogen-bond donors (Lipinski definition) is 0. The van der Waals surface area contributed by atoms with E-state index in [0.717, 1.165) is 30.4 Å². The minimum Gasteiger partial charge on any atom is -0.353 e. The average Bonchev–Trinajstić information content (AvgIpc) is 2.60. The molecule has 1 aromatic heterocycles. The fourth-order valence-corrected chi connectivity index (χ4v) is 3.13. The first-order chi connectivity index (χ1) is 11.9. The van der Waals surface area contributed by atoms with Gasteiger partial charge in [0.15, 0.2) is 0 Å². The number of piperazine rings is 1.